The number of nitrogens with one attached hydrogen (secondary N) is 2. The second-order valence-corrected chi connectivity index (χ2v) is 6.72. The molecule has 2 N–H and O–H groups in total. The first kappa shape index (κ1) is 16.1. The Morgan fingerprint density at radius 3 is 2.96 bits per heavy atom. The van der Waals surface area contributed by atoms with Gasteiger partial charge in [-0.15, -0.1) is 0 Å². The lowest BCUT2D eigenvalue weighted by Gasteiger charge is -2.26. The summed E-state index contributed by atoms with van der Waals surface area (Å²) in [6.45, 7) is 4.50. The van der Waals surface area contributed by atoms with Crippen LogP contribution in [0.1, 0.15) is 41.7 Å². The molecule has 3 heterocycles. The van der Waals surface area contributed by atoms with Crippen molar-refractivity contribution in [1.29, 1.82) is 0 Å². The molecule has 2 aliphatic rings. The Labute approximate surface area is 147 Å². The summed E-state index contributed by atoms with van der Waals surface area (Å²) in [6, 6.07) is 7.78. The Morgan fingerprint density at radius 1 is 1.24 bits per heavy atom. The molecular weight excluding hydrogens is 316 g/mol. The molecule has 132 valence electrons. The first-order valence-electron chi connectivity index (χ1n) is 9.13. The highest BCUT2D eigenvalue weighted by atomic mass is 16.5. The minimum absolute atomic E-state index is 0.102. The second-order valence-electron chi connectivity index (χ2n) is 6.72. The van der Waals surface area contributed by atoms with E-state index in [1.165, 1.54) is 32.4 Å². The minimum Gasteiger partial charge on any atom is -0.488 e. The molecule has 25 heavy (non-hydrogen) atoms. The van der Waals surface area contributed by atoms with Gasteiger partial charge in [0.05, 0.1) is 0 Å². The Hall–Kier alpha value is -2.34. The highest BCUT2D eigenvalue weighted by Crippen LogP contribution is 2.36. The van der Waals surface area contributed by atoms with Crippen LogP contribution in [0.5, 0.6) is 5.75 Å². The summed E-state index contributed by atoms with van der Waals surface area (Å²) in [4.78, 5) is 15.0. The number of carbonyl (C=O) groups excluding carboxylic acids is 1. The number of hydrogen-bond acceptors (Lipinski definition) is 4. The number of ether oxygens (including phenoxy) is 1. The molecule has 0 unspecified atom stereocenters. The molecule has 2 aromatic rings. The lowest BCUT2D eigenvalue weighted by atomic mass is 10.0. The molecule has 1 aromatic heterocycles. The van der Waals surface area contributed by atoms with Crippen molar-refractivity contribution in [3.05, 3.63) is 35.5 Å². The van der Waals surface area contributed by atoms with Crippen LogP contribution in [0.4, 0.5) is 0 Å². The van der Waals surface area contributed by atoms with Crippen LogP contribution in [0, 0.1) is 0 Å². The van der Waals surface area contributed by atoms with Crippen molar-refractivity contribution in [2.24, 2.45) is 0 Å². The number of aromatic amines is 1. The number of aromatic nitrogens is 2. The molecule has 1 amide bonds. The zero-order valence-corrected chi connectivity index (χ0v) is 14.4. The number of amides is 1. The van der Waals surface area contributed by atoms with E-state index in [1.54, 1.807) is 0 Å². The number of piperidine rings is 1. The number of nitrogens with zero attached hydrogens (tertiary/aromatic N) is 2. The molecule has 0 bridgehead atoms. The average molecular weight is 340 g/mol. The van der Waals surface area contributed by atoms with Crippen molar-refractivity contribution < 1.29 is 9.53 Å². The van der Waals surface area contributed by atoms with Crippen molar-refractivity contribution in [3.63, 3.8) is 0 Å². The topological polar surface area (TPSA) is 70.2 Å². The molecule has 1 fully saturated rings. The summed E-state index contributed by atoms with van der Waals surface area (Å²) in [5.74, 6) is 0.713. The van der Waals surface area contributed by atoms with E-state index in [4.69, 9.17) is 4.74 Å². The molecule has 6 nitrogen and oxygen atoms in total. The van der Waals surface area contributed by atoms with Crippen LogP contribution in [-0.4, -0.2) is 47.2 Å². The Morgan fingerprint density at radius 2 is 2.08 bits per heavy atom. The van der Waals surface area contributed by atoms with Crippen LogP contribution < -0.4 is 10.1 Å². The summed E-state index contributed by atoms with van der Waals surface area (Å²) >= 11 is 0. The number of H-pyrrole nitrogens is 1. The summed E-state index contributed by atoms with van der Waals surface area (Å²) in [5.41, 5.74) is 3.11. The van der Waals surface area contributed by atoms with E-state index >= 15 is 0 Å². The Kier molecular flexibility index (Phi) is 4.70. The number of likely N-dealkylation sites (tertiary alicyclic amines) is 1. The fraction of sp³-hybridized carbons (Fsp3) is 0.474. The molecule has 2 aliphatic heterocycles. The number of hydrogen-bond donors (Lipinski definition) is 2. The van der Waals surface area contributed by atoms with E-state index in [-0.39, 0.29) is 5.91 Å². The number of para-hydroxylation sites is 1. The van der Waals surface area contributed by atoms with E-state index in [1.807, 2.05) is 24.3 Å². The van der Waals surface area contributed by atoms with Gasteiger partial charge in [-0.1, -0.05) is 18.6 Å². The van der Waals surface area contributed by atoms with Gasteiger partial charge in [0, 0.05) is 17.7 Å². The van der Waals surface area contributed by atoms with Crippen LogP contribution >= 0.6 is 0 Å². The highest BCUT2D eigenvalue weighted by molar-refractivity contribution is 5.96. The Balaban J connectivity index is 1.35. The van der Waals surface area contributed by atoms with Crippen molar-refractivity contribution in [1.82, 2.24) is 20.4 Å². The Bertz CT molecular complexity index is 750. The molecule has 1 saturated heterocycles. The van der Waals surface area contributed by atoms with E-state index in [2.05, 4.69) is 20.4 Å². The molecular formula is C19H24N4O2. The fourth-order valence-corrected chi connectivity index (χ4v) is 3.63. The van der Waals surface area contributed by atoms with Crippen molar-refractivity contribution in [3.8, 4) is 17.0 Å². The molecule has 0 atom stereocenters. The van der Waals surface area contributed by atoms with Crippen LogP contribution in [-0.2, 0) is 6.61 Å². The maximum absolute atomic E-state index is 12.5. The van der Waals surface area contributed by atoms with Crippen molar-refractivity contribution >= 4 is 5.91 Å². The summed E-state index contributed by atoms with van der Waals surface area (Å²) < 4.78 is 5.76. The molecule has 0 saturated carbocycles. The van der Waals surface area contributed by atoms with Gasteiger partial charge >= 0.3 is 0 Å². The number of fused-ring (bicyclic) bond motifs is 3. The smallest absolute Gasteiger partial charge is 0.269 e. The van der Waals surface area contributed by atoms with Crippen molar-refractivity contribution in [2.45, 2.75) is 32.3 Å². The lowest BCUT2D eigenvalue weighted by Crippen LogP contribution is -2.33. The standard InChI is InChI=1S/C19H24N4O2/c24-19(20-9-6-12-23-10-4-1-5-11-23)18-15-13-25-16-8-3-2-7-14(16)17(15)21-22-18/h2-3,7-8H,1,4-6,9-13H2,(H,20,24)(H,21,22). The third-order valence-corrected chi connectivity index (χ3v) is 4.99. The zero-order chi connectivity index (χ0) is 17.1. The number of rotatable bonds is 5. The van der Waals surface area contributed by atoms with E-state index in [0.29, 0.717) is 18.8 Å². The van der Waals surface area contributed by atoms with Gasteiger partial charge in [-0.25, -0.2) is 0 Å². The van der Waals surface area contributed by atoms with Crippen LogP contribution in [0.3, 0.4) is 0 Å². The monoisotopic (exact) mass is 340 g/mol. The maximum Gasteiger partial charge on any atom is 0.269 e. The summed E-state index contributed by atoms with van der Waals surface area (Å²) in [5, 5.41) is 10.2. The minimum atomic E-state index is -0.102. The fourth-order valence-electron chi connectivity index (χ4n) is 3.63. The highest BCUT2D eigenvalue weighted by Gasteiger charge is 2.25. The largest absolute Gasteiger partial charge is 0.488 e. The molecule has 4 rings (SSSR count). The first-order valence-corrected chi connectivity index (χ1v) is 9.13. The van der Waals surface area contributed by atoms with Gasteiger partial charge in [-0.05, 0) is 51.0 Å². The zero-order valence-electron chi connectivity index (χ0n) is 14.4. The van der Waals surface area contributed by atoms with Gasteiger partial charge in [-0.3, -0.25) is 9.89 Å². The number of carbonyl (C=O) groups is 1. The maximum atomic E-state index is 12.5. The van der Waals surface area contributed by atoms with E-state index < -0.39 is 0 Å². The quantitative estimate of drug-likeness (QED) is 0.821. The van der Waals surface area contributed by atoms with Crippen LogP contribution in [0.25, 0.3) is 11.3 Å². The van der Waals surface area contributed by atoms with Gasteiger partial charge in [-0.2, -0.15) is 5.10 Å². The van der Waals surface area contributed by atoms with E-state index in [9.17, 15) is 4.79 Å². The van der Waals surface area contributed by atoms with Gasteiger partial charge in [0.15, 0.2) is 0 Å². The third kappa shape index (κ3) is 3.39. The van der Waals surface area contributed by atoms with Gasteiger partial charge in [0.1, 0.15) is 23.7 Å². The summed E-state index contributed by atoms with van der Waals surface area (Å²) in [6.07, 6.45) is 4.92. The predicted molar refractivity (Wildman–Crippen MR) is 95.6 cm³/mol. The molecule has 6 heteroatoms. The van der Waals surface area contributed by atoms with E-state index in [0.717, 1.165) is 35.5 Å². The first-order chi connectivity index (χ1) is 12.3. The molecule has 1 aromatic carbocycles. The predicted octanol–water partition coefficient (Wildman–Crippen LogP) is 2.57. The number of benzene rings is 1. The van der Waals surface area contributed by atoms with Crippen LogP contribution in [0.15, 0.2) is 24.3 Å². The average Bonchev–Trinajstić information content (AvgIpc) is 3.10. The van der Waals surface area contributed by atoms with Crippen molar-refractivity contribution in [2.75, 3.05) is 26.2 Å². The van der Waals surface area contributed by atoms with Crippen LogP contribution in [0.2, 0.25) is 0 Å². The SMILES string of the molecule is O=C(NCCCN1CCCCC1)c1[nH]nc2c1COc1ccccc1-2. The third-order valence-electron chi connectivity index (χ3n) is 4.99. The van der Waals surface area contributed by atoms with Gasteiger partial charge in [0.2, 0.25) is 0 Å². The molecule has 0 aliphatic carbocycles. The normalized spacial score (nSPS) is 16.6. The van der Waals surface area contributed by atoms with Gasteiger partial charge < -0.3 is 15.0 Å². The molecule has 0 spiro atoms. The lowest BCUT2D eigenvalue weighted by molar-refractivity contribution is 0.0943. The summed E-state index contributed by atoms with van der Waals surface area (Å²) in [7, 11) is 0. The molecule has 0 radical (unpaired) electrons. The van der Waals surface area contributed by atoms with Gasteiger partial charge in [0.25, 0.3) is 5.91 Å². The second kappa shape index (κ2) is 7.27.